The van der Waals surface area contributed by atoms with Gasteiger partial charge in [-0.15, -0.1) is 0 Å². The minimum Gasteiger partial charge on any atom is -0.465 e. The SMILES string of the molecule is COC(=O)c1ccccc1NC(=O)c1oc(=O)c2ccccc2c1-c1ccccc1. The van der Waals surface area contributed by atoms with Gasteiger partial charge in [-0.3, -0.25) is 4.79 Å². The quantitative estimate of drug-likeness (QED) is 0.511. The van der Waals surface area contributed by atoms with E-state index in [0.29, 0.717) is 16.3 Å². The lowest BCUT2D eigenvalue weighted by molar-refractivity contribution is 0.0602. The second-order valence-electron chi connectivity index (χ2n) is 6.50. The molecule has 0 spiro atoms. The molecule has 4 aromatic rings. The lowest BCUT2D eigenvalue weighted by atomic mass is 9.98. The zero-order valence-electron chi connectivity index (χ0n) is 16.0. The summed E-state index contributed by atoms with van der Waals surface area (Å²) in [6.45, 7) is 0. The fourth-order valence-corrected chi connectivity index (χ4v) is 3.31. The number of nitrogens with one attached hydrogen (secondary N) is 1. The van der Waals surface area contributed by atoms with E-state index in [4.69, 9.17) is 9.15 Å². The minimum absolute atomic E-state index is 0.135. The highest BCUT2D eigenvalue weighted by Crippen LogP contribution is 2.31. The minimum atomic E-state index is -0.645. The Bertz CT molecular complexity index is 1310. The number of anilines is 1. The van der Waals surface area contributed by atoms with Crippen LogP contribution in [-0.4, -0.2) is 19.0 Å². The molecule has 1 amide bonds. The van der Waals surface area contributed by atoms with Crippen LogP contribution in [0.15, 0.2) is 88.1 Å². The van der Waals surface area contributed by atoms with Crippen LogP contribution in [0.5, 0.6) is 0 Å². The summed E-state index contributed by atoms with van der Waals surface area (Å²) in [7, 11) is 1.26. The van der Waals surface area contributed by atoms with Gasteiger partial charge in [0.25, 0.3) is 5.91 Å². The zero-order valence-corrected chi connectivity index (χ0v) is 16.0. The van der Waals surface area contributed by atoms with E-state index in [-0.39, 0.29) is 17.0 Å². The second-order valence-corrected chi connectivity index (χ2v) is 6.50. The van der Waals surface area contributed by atoms with Crippen molar-refractivity contribution in [1.29, 1.82) is 0 Å². The highest BCUT2D eigenvalue weighted by molar-refractivity contribution is 6.13. The fraction of sp³-hybridized carbons (Fsp3) is 0.0417. The number of esters is 1. The van der Waals surface area contributed by atoms with Crippen molar-refractivity contribution < 1.29 is 18.7 Å². The van der Waals surface area contributed by atoms with Gasteiger partial charge >= 0.3 is 11.6 Å². The Labute approximate surface area is 171 Å². The average Bonchev–Trinajstić information content (AvgIpc) is 2.79. The molecule has 0 fully saturated rings. The number of hydrogen-bond acceptors (Lipinski definition) is 5. The summed E-state index contributed by atoms with van der Waals surface area (Å²) in [5, 5.41) is 3.65. The highest BCUT2D eigenvalue weighted by Gasteiger charge is 2.23. The molecule has 0 bridgehead atoms. The number of para-hydroxylation sites is 1. The van der Waals surface area contributed by atoms with Crippen molar-refractivity contribution >= 4 is 28.3 Å². The predicted molar refractivity (Wildman–Crippen MR) is 114 cm³/mol. The van der Waals surface area contributed by atoms with Gasteiger partial charge in [-0.1, -0.05) is 60.7 Å². The summed E-state index contributed by atoms with van der Waals surface area (Å²) in [4.78, 5) is 37.7. The standard InChI is InChI=1S/C24H17NO5/c1-29-23(27)18-13-7-8-14-19(18)25-22(26)21-20(15-9-3-2-4-10-15)16-11-5-6-12-17(16)24(28)30-21/h2-14H,1H3,(H,25,26). The maximum Gasteiger partial charge on any atom is 0.344 e. The van der Waals surface area contributed by atoms with Crippen molar-refractivity contribution in [3.63, 3.8) is 0 Å². The van der Waals surface area contributed by atoms with Crippen molar-refractivity contribution in [1.82, 2.24) is 0 Å². The van der Waals surface area contributed by atoms with E-state index < -0.39 is 17.5 Å². The second kappa shape index (κ2) is 8.05. The van der Waals surface area contributed by atoms with Crippen LogP contribution in [0.1, 0.15) is 20.9 Å². The Balaban J connectivity index is 1.89. The number of amides is 1. The molecule has 0 aliphatic rings. The van der Waals surface area contributed by atoms with Crippen LogP contribution < -0.4 is 10.9 Å². The Morgan fingerprint density at radius 2 is 1.47 bits per heavy atom. The summed E-state index contributed by atoms with van der Waals surface area (Å²) in [5.41, 5.74) is 1.06. The number of hydrogen-bond donors (Lipinski definition) is 1. The molecule has 0 saturated heterocycles. The molecule has 0 aliphatic heterocycles. The Morgan fingerprint density at radius 3 is 2.20 bits per heavy atom. The van der Waals surface area contributed by atoms with E-state index in [0.717, 1.165) is 5.56 Å². The van der Waals surface area contributed by atoms with Gasteiger partial charge < -0.3 is 14.5 Å². The Hall–Kier alpha value is -4.19. The third-order valence-corrected chi connectivity index (χ3v) is 4.69. The van der Waals surface area contributed by atoms with Crippen molar-refractivity contribution in [2.75, 3.05) is 12.4 Å². The van der Waals surface area contributed by atoms with E-state index >= 15 is 0 Å². The van der Waals surface area contributed by atoms with Gasteiger partial charge in [0, 0.05) is 10.9 Å². The monoisotopic (exact) mass is 399 g/mol. The van der Waals surface area contributed by atoms with E-state index in [1.165, 1.54) is 13.2 Å². The van der Waals surface area contributed by atoms with Gasteiger partial charge in [0.1, 0.15) is 0 Å². The van der Waals surface area contributed by atoms with Gasteiger partial charge in [-0.05, 0) is 23.8 Å². The molecule has 0 radical (unpaired) electrons. The largest absolute Gasteiger partial charge is 0.465 e. The van der Waals surface area contributed by atoms with Crippen LogP contribution in [-0.2, 0) is 4.74 Å². The Morgan fingerprint density at radius 1 is 0.833 bits per heavy atom. The van der Waals surface area contributed by atoms with Gasteiger partial charge in [-0.25, -0.2) is 9.59 Å². The number of carbonyl (C=O) groups excluding carboxylic acids is 2. The topological polar surface area (TPSA) is 85.6 Å². The van der Waals surface area contributed by atoms with Crippen LogP contribution in [0.3, 0.4) is 0 Å². The predicted octanol–water partition coefficient (Wildman–Crippen LogP) is 4.50. The van der Waals surface area contributed by atoms with E-state index in [2.05, 4.69) is 5.32 Å². The first-order valence-electron chi connectivity index (χ1n) is 9.20. The molecule has 1 heterocycles. The maximum absolute atomic E-state index is 13.2. The molecule has 0 aliphatic carbocycles. The van der Waals surface area contributed by atoms with Crippen molar-refractivity contribution in [3.05, 3.63) is 101 Å². The zero-order chi connectivity index (χ0) is 21.1. The van der Waals surface area contributed by atoms with E-state index in [1.54, 1.807) is 42.5 Å². The lowest BCUT2D eigenvalue weighted by Crippen LogP contribution is -2.18. The first-order valence-corrected chi connectivity index (χ1v) is 9.20. The van der Waals surface area contributed by atoms with Crippen LogP contribution in [0.4, 0.5) is 5.69 Å². The molecule has 148 valence electrons. The van der Waals surface area contributed by atoms with Crippen LogP contribution >= 0.6 is 0 Å². The summed E-state index contributed by atoms with van der Waals surface area (Å²) in [5.74, 6) is -1.37. The molecular weight excluding hydrogens is 382 g/mol. The van der Waals surface area contributed by atoms with Gasteiger partial charge in [0.05, 0.1) is 23.7 Å². The molecular formula is C24H17NO5. The molecule has 0 atom stereocenters. The van der Waals surface area contributed by atoms with Crippen LogP contribution in [0.2, 0.25) is 0 Å². The smallest absolute Gasteiger partial charge is 0.344 e. The first-order chi connectivity index (χ1) is 14.6. The first kappa shape index (κ1) is 19.1. The fourth-order valence-electron chi connectivity index (χ4n) is 3.31. The van der Waals surface area contributed by atoms with Gasteiger partial charge in [-0.2, -0.15) is 0 Å². The average molecular weight is 399 g/mol. The molecule has 6 heteroatoms. The molecule has 3 aromatic carbocycles. The molecule has 6 nitrogen and oxygen atoms in total. The number of carbonyl (C=O) groups is 2. The number of rotatable bonds is 4. The van der Waals surface area contributed by atoms with Crippen LogP contribution in [0, 0.1) is 0 Å². The number of fused-ring (bicyclic) bond motifs is 1. The number of methoxy groups -OCH3 is 1. The molecule has 4 rings (SSSR count). The molecule has 1 aromatic heterocycles. The summed E-state index contributed by atoms with van der Waals surface area (Å²) < 4.78 is 10.2. The van der Waals surface area contributed by atoms with E-state index in [9.17, 15) is 14.4 Å². The normalized spacial score (nSPS) is 10.6. The van der Waals surface area contributed by atoms with Crippen LogP contribution in [0.25, 0.3) is 21.9 Å². The van der Waals surface area contributed by atoms with Gasteiger partial charge in [0.2, 0.25) is 5.76 Å². The number of ether oxygens (including phenoxy) is 1. The summed E-state index contributed by atoms with van der Waals surface area (Å²) in [6.07, 6.45) is 0. The summed E-state index contributed by atoms with van der Waals surface area (Å²) in [6, 6.07) is 22.6. The van der Waals surface area contributed by atoms with Crippen molar-refractivity contribution in [2.45, 2.75) is 0 Å². The molecule has 1 N–H and O–H groups in total. The lowest BCUT2D eigenvalue weighted by Gasteiger charge is -2.13. The third kappa shape index (κ3) is 3.46. The van der Waals surface area contributed by atoms with Crippen molar-refractivity contribution in [2.24, 2.45) is 0 Å². The number of benzene rings is 3. The third-order valence-electron chi connectivity index (χ3n) is 4.69. The molecule has 0 saturated carbocycles. The maximum atomic E-state index is 13.2. The highest BCUT2D eigenvalue weighted by atomic mass is 16.5. The Kier molecular flexibility index (Phi) is 5.13. The van der Waals surface area contributed by atoms with E-state index in [1.807, 2.05) is 30.3 Å². The molecule has 30 heavy (non-hydrogen) atoms. The van der Waals surface area contributed by atoms with Gasteiger partial charge in [0.15, 0.2) is 0 Å². The summed E-state index contributed by atoms with van der Waals surface area (Å²) >= 11 is 0. The molecule has 0 unspecified atom stereocenters. The van der Waals surface area contributed by atoms with Crippen molar-refractivity contribution in [3.8, 4) is 11.1 Å².